The lowest BCUT2D eigenvalue weighted by Gasteiger charge is -2.31. The van der Waals surface area contributed by atoms with Crippen molar-refractivity contribution in [1.82, 2.24) is 14.9 Å². The Kier molecular flexibility index (Phi) is 5.13. The summed E-state index contributed by atoms with van der Waals surface area (Å²) in [7, 11) is 0. The second-order valence-electron chi connectivity index (χ2n) is 5.57. The van der Waals surface area contributed by atoms with Gasteiger partial charge in [-0.15, -0.1) is 11.3 Å². The van der Waals surface area contributed by atoms with Crippen molar-refractivity contribution in [2.24, 2.45) is 5.92 Å². The van der Waals surface area contributed by atoms with Crippen LogP contribution in [-0.2, 0) is 11.2 Å². The number of piperidine rings is 1. The van der Waals surface area contributed by atoms with Gasteiger partial charge in [0, 0.05) is 37.1 Å². The molecule has 0 radical (unpaired) electrons. The largest absolute Gasteiger partial charge is 0.302 e. The maximum Gasteiger partial charge on any atom is 0.230 e. The summed E-state index contributed by atoms with van der Waals surface area (Å²) in [5.41, 5.74) is 1.30. The summed E-state index contributed by atoms with van der Waals surface area (Å²) in [4.78, 5) is 22.8. The van der Waals surface area contributed by atoms with Gasteiger partial charge < -0.3 is 10.2 Å². The highest BCUT2D eigenvalue weighted by Crippen LogP contribution is 2.20. The topological polar surface area (TPSA) is 58.1 Å². The average Bonchev–Trinajstić information content (AvgIpc) is 3.07. The molecule has 2 aromatic heterocycles. The molecule has 22 heavy (non-hydrogen) atoms. The molecular formula is C16H20N4OS. The fourth-order valence-corrected chi connectivity index (χ4v) is 3.33. The van der Waals surface area contributed by atoms with Gasteiger partial charge in [0.05, 0.1) is 5.92 Å². The van der Waals surface area contributed by atoms with Crippen LogP contribution < -0.4 is 5.32 Å². The molecule has 116 valence electrons. The Bertz CT molecular complexity index is 587. The smallest absolute Gasteiger partial charge is 0.230 e. The fraction of sp³-hybridized carbons (Fsp3) is 0.438. The molecule has 0 saturated carbocycles. The van der Waals surface area contributed by atoms with E-state index in [1.54, 1.807) is 6.20 Å². The van der Waals surface area contributed by atoms with Crippen LogP contribution in [0.4, 0.5) is 5.13 Å². The van der Waals surface area contributed by atoms with Gasteiger partial charge in [0.25, 0.3) is 0 Å². The Hall–Kier alpha value is -1.79. The molecule has 0 unspecified atom stereocenters. The van der Waals surface area contributed by atoms with Gasteiger partial charge in [-0.05, 0) is 43.5 Å². The lowest BCUT2D eigenvalue weighted by Crippen LogP contribution is -2.41. The first kappa shape index (κ1) is 15.1. The van der Waals surface area contributed by atoms with Crippen LogP contribution in [0, 0.1) is 5.92 Å². The van der Waals surface area contributed by atoms with Crippen molar-refractivity contribution in [3.05, 3.63) is 41.7 Å². The summed E-state index contributed by atoms with van der Waals surface area (Å²) >= 11 is 1.46. The van der Waals surface area contributed by atoms with Crippen LogP contribution >= 0.6 is 11.3 Å². The van der Waals surface area contributed by atoms with E-state index in [9.17, 15) is 4.79 Å². The summed E-state index contributed by atoms with van der Waals surface area (Å²) < 4.78 is 0. The maximum absolute atomic E-state index is 12.3. The van der Waals surface area contributed by atoms with Crippen molar-refractivity contribution in [3.63, 3.8) is 0 Å². The minimum absolute atomic E-state index is 0.0649. The normalized spacial score (nSPS) is 19.0. The summed E-state index contributed by atoms with van der Waals surface area (Å²) in [6.07, 6.45) is 8.41. The zero-order chi connectivity index (χ0) is 15.2. The average molecular weight is 316 g/mol. The molecule has 1 N–H and O–H groups in total. The Morgan fingerprint density at radius 3 is 3.00 bits per heavy atom. The zero-order valence-electron chi connectivity index (χ0n) is 12.4. The number of likely N-dealkylation sites (tertiary alicyclic amines) is 1. The van der Waals surface area contributed by atoms with Crippen molar-refractivity contribution >= 4 is 22.4 Å². The van der Waals surface area contributed by atoms with E-state index in [0.29, 0.717) is 5.13 Å². The lowest BCUT2D eigenvalue weighted by atomic mass is 9.97. The summed E-state index contributed by atoms with van der Waals surface area (Å²) in [5, 5.41) is 5.49. The molecule has 0 aliphatic carbocycles. The van der Waals surface area contributed by atoms with Crippen molar-refractivity contribution in [3.8, 4) is 0 Å². The minimum Gasteiger partial charge on any atom is -0.302 e. The molecule has 5 nitrogen and oxygen atoms in total. The lowest BCUT2D eigenvalue weighted by molar-refractivity contribution is -0.121. The van der Waals surface area contributed by atoms with Gasteiger partial charge >= 0.3 is 0 Å². The second kappa shape index (κ2) is 7.47. The molecule has 1 aliphatic rings. The van der Waals surface area contributed by atoms with E-state index in [-0.39, 0.29) is 11.8 Å². The highest BCUT2D eigenvalue weighted by molar-refractivity contribution is 7.13. The number of hydrogen-bond acceptors (Lipinski definition) is 5. The Morgan fingerprint density at radius 1 is 1.36 bits per heavy atom. The van der Waals surface area contributed by atoms with Gasteiger partial charge in [-0.3, -0.25) is 9.78 Å². The predicted molar refractivity (Wildman–Crippen MR) is 87.8 cm³/mol. The number of amides is 1. The van der Waals surface area contributed by atoms with E-state index in [4.69, 9.17) is 0 Å². The molecule has 1 fully saturated rings. The monoisotopic (exact) mass is 316 g/mol. The van der Waals surface area contributed by atoms with Crippen molar-refractivity contribution in [1.29, 1.82) is 0 Å². The molecule has 0 spiro atoms. The SMILES string of the molecule is O=C(Nc1nccs1)[C@@H]1CCCN(CCc2ccncc2)C1. The van der Waals surface area contributed by atoms with Gasteiger partial charge in [0.2, 0.25) is 5.91 Å². The number of nitrogens with one attached hydrogen (secondary N) is 1. The molecule has 2 aromatic rings. The highest BCUT2D eigenvalue weighted by atomic mass is 32.1. The predicted octanol–water partition coefficient (Wildman–Crippen LogP) is 2.43. The number of anilines is 1. The van der Waals surface area contributed by atoms with Crippen LogP contribution in [0.5, 0.6) is 0 Å². The van der Waals surface area contributed by atoms with E-state index in [1.165, 1.54) is 16.9 Å². The Labute approximate surface area is 134 Å². The first-order valence-electron chi connectivity index (χ1n) is 7.63. The maximum atomic E-state index is 12.3. The molecule has 1 amide bonds. The fourth-order valence-electron chi connectivity index (χ4n) is 2.80. The van der Waals surface area contributed by atoms with Crippen molar-refractivity contribution < 1.29 is 4.79 Å². The molecule has 1 aliphatic heterocycles. The summed E-state index contributed by atoms with van der Waals surface area (Å²) in [5.74, 6) is 0.165. The Morgan fingerprint density at radius 2 is 2.23 bits per heavy atom. The molecule has 1 saturated heterocycles. The third kappa shape index (κ3) is 4.11. The van der Waals surface area contributed by atoms with E-state index in [2.05, 4.69) is 32.3 Å². The van der Waals surface area contributed by atoms with Gasteiger partial charge in [-0.1, -0.05) is 0 Å². The van der Waals surface area contributed by atoms with Crippen LogP contribution in [-0.4, -0.2) is 40.4 Å². The van der Waals surface area contributed by atoms with Crippen LogP contribution in [0.25, 0.3) is 0 Å². The summed E-state index contributed by atoms with van der Waals surface area (Å²) in [6, 6.07) is 4.10. The molecule has 3 heterocycles. The number of rotatable bonds is 5. The van der Waals surface area contributed by atoms with Gasteiger partial charge in [-0.2, -0.15) is 0 Å². The van der Waals surface area contributed by atoms with Crippen molar-refractivity contribution in [2.75, 3.05) is 25.0 Å². The first-order valence-corrected chi connectivity index (χ1v) is 8.51. The highest BCUT2D eigenvalue weighted by Gasteiger charge is 2.25. The van der Waals surface area contributed by atoms with Crippen LogP contribution in [0.15, 0.2) is 36.1 Å². The second-order valence-corrected chi connectivity index (χ2v) is 6.47. The number of nitrogens with zero attached hydrogens (tertiary/aromatic N) is 3. The quantitative estimate of drug-likeness (QED) is 0.920. The number of carbonyl (C=O) groups is 1. The van der Waals surface area contributed by atoms with Crippen LogP contribution in [0.2, 0.25) is 0 Å². The third-order valence-corrected chi connectivity index (χ3v) is 4.69. The van der Waals surface area contributed by atoms with E-state index < -0.39 is 0 Å². The number of aromatic nitrogens is 2. The molecular weight excluding hydrogens is 296 g/mol. The minimum atomic E-state index is 0.0649. The van der Waals surface area contributed by atoms with Gasteiger partial charge in [0.15, 0.2) is 5.13 Å². The molecule has 3 rings (SSSR count). The first-order chi connectivity index (χ1) is 10.8. The van der Waals surface area contributed by atoms with Crippen molar-refractivity contribution in [2.45, 2.75) is 19.3 Å². The van der Waals surface area contributed by atoms with E-state index in [1.807, 2.05) is 17.8 Å². The Balaban J connectivity index is 1.49. The zero-order valence-corrected chi connectivity index (χ0v) is 13.3. The van der Waals surface area contributed by atoms with Gasteiger partial charge in [0.1, 0.15) is 0 Å². The molecule has 6 heteroatoms. The van der Waals surface area contributed by atoms with Crippen LogP contribution in [0.3, 0.4) is 0 Å². The number of pyridine rings is 1. The molecule has 1 atom stereocenters. The third-order valence-electron chi connectivity index (χ3n) is 4.00. The number of hydrogen-bond donors (Lipinski definition) is 1. The van der Waals surface area contributed by atoms with E-state index in [0.717, 1.165) is 38.9 Å². The van der Waals surface area contributed by atoms with Crippen LogP contribution in [0.1, 0.15) is 18.4 Å². The number of carbonyl (C=O) groups excluding carboxylic acids is 1. The van der Waals surface area contributed by atoms with Gasteiger partial charge in [-0.25, -0.2) is 4.98 Å². The molecule has 0 aromatic carbocycles. The summed E-state index contributed by atoms with van der Waals surface area (Å²) in [6.45, 7) is 2.90. The number of thiazole rings is 1. The van der Waals surface area contributed by atoms with E-state index >= 15 is 0 Å². The standard InChI is InChI=1S/C16H20N4OS/c21-15(19-16-18-8-11-22-16)14-2-1-9-20(12-14)10-5-13-3-6-17-7-4-13/h3-4,6-8,11,14H,1-2,5,9-10,12H2,(H,18,19,21)/t14-/m1/s1. The molecule has 0 bridgehead atoms.